The maximum absolute atomic E-state index is 14.0. The Bertz CT molecular complexity index is 4090. The molecule has 19 nitrogen and oxygen atoms in total. The number of halogens is 7. The SMILES string of the molecule is CCS(=O)(=O)c1ccc([C@H](COC)NC(=O)c2ccc3c(c2)nc(C(F)(F)F)n3Cc2cccc3c2OC(F)(F)O3)nc1.CCS(=O)(=O)c1ccc([C@H](COC)NC(=O)c2ccc3c(c2)nc(C2CC2)n3Cc2cccc3c2OC(F)(F)O3)cc1. The molecule has 2 aliphatic heterocycles. The first-order valence-corrected chi connectivity index (χ1v) is 29.6. The van der Waals surface area contributed by atoms with Crippen LogP contribution in [0, 0.1) is 0 Å². The second-order valence-electron chi connectivity index (χ2n) is 19.8. The van der Waals surface area contributed by atoms with Gasteiger partial charge in [0.15, 0.2) is 42.7 Å². The second kappa shape index (κ2) is 23.3. The van der Waals surface area contributed by atoms with Gasteiger partial charge in [0.2, 0.25) is 5.82 Å². The highest BCUT2D eigenvalue weighted by atomic mass is 32.2. The molecule has 85 heavy (non-hydrogen) atoms. The third kappa shape index (κ3) is 12.9. The van der Waals surface area contributed by atoms with Crippen LogP contribution in [0.1, 0.15) is 99.4 Å². The molecule has 5 aromatic carbocycles. The summed E-state index contributed by atoms with van der Waals surface area (Å²) in [6, 6.07) is 25.4. The van der Waals surface area contributed by atoms with E-state index in [2.05, 4.69) is 34.8 Å². The van der Waals surface area contributed by atoms with Crippen LogP contribution in [-0.4, -0.2) is 104 Å². The fourth-order valence-corrected chi connectivity index (χ4v) is 11.4. The number of sulfone groups is 2. The van der Waals surface area contributed by atoms with E-state index in [1.54, 1.807) is 49.4 Å². The minimum absolute atomic E-state index is 0.00301. The molecule has 448 valence electrons. The van der Waals surface area contributed by atoms with Crippen LogP contribution in [0.4, 0.5) is 30.7 Å². The maximum atomic E-state index is 14.0. The third-order valence-corrected chi connectivity index (χ3v) is 17.5. The highest BCUT2D eigenvalue weighted by Crippen LogP contribution is 2.47. The van der Waals surface area contributed by atoms with Gasteiger partial charge in [-0.15, -0.1) is 17.6 Å². The van der Waals surface area contributed by atoms with Crippen LogP contribution in [-0.2, 0) is 48.4 Å². The maximum Gasteiger partial charge on any atom is 0.586 e. The number of aromatic nitrogens is 5. The molecule has 0 unspecified atom stereocenters. The molecule has 2 N–H and O–H groups in total. The number of ether oxygens (including phenoxy) is 6. The first-order valence-electron chi connectivity index (χ1n) is 26.2. The number of nitrogens with zero attached hydrogens (tertiary/aromatic N) is 5. The molecule has 0 spiro atoms. The number of imidazole rings is 2. The van der Waals surface area contributed by atoms with Crippen molar-refractivity contribution in [3.05, 3.63) is 161 Å². The third-order valence-electron chi connectivity index (χ3n) is 14.1. The Balaban J connectivity index is 0.000000189. The van der Waals surface area contributed by atoms with Crippen molar-refractivity contribution in [1.82, 2.24) is 34.7 Å². The van der Waals surface area contributed by atoms with Crippen LogP contribution in [0.3, 0.4) is 0 Å². The molecule has 1 aliphatic carbocycles. The summed E-state index contributed by atoms with van der Waals surface area (Å²) in [4.78, 5) is 39.4. The molecule has 1 saturated carbocycles. The van der Waals surface area contributed by atoms with Crippen molar-refractivity contribution < 1.29 is 85.6 Å². The summed E-state index contributed by atoms with van der Waals surface area (Å²) in [6.45, 7) is 2.93. The normalized spacial score (nSPS) is 15.8. The molecule has 1 fully saturated rings. The van der Waals surface area contributed by atoms with E-state index in [9.17, 15) is 57.2 Å². The topological polar surface area (TPSA) is 230 Å². The van der Waals surface area contributed by atoms with E-state index in [1.807, 2.05) is 4.57 Å². The Hall–Kier alpha value is -8.34. The van der Waals surface area contributed by atoms with E-state index >= 15 is 0 Å². The van der Waals surface area contributed by atoms with Crippen molar-refractivity contribution in [3.63, 3.8) is 0 Å². The van der Waals surface area contributed by atoms with E-state index < -0.39 is 74.5 Å². The molecule has 28 heteroatoms. The number of amides is 2. The lowest BCUT2D eigenvalue weighted by molar-refractivity contribution is -0.287. The second-order valence-corrected chi connectivity index (χ2v) is 24.4. The lowest BCUT2D eigenvalue weighted by Gasteiger charge is -2.19. The zero-order valence-corrected chi connectivity index (χ0v) is 47.1. The first kappa shape index (κ1) is 59.8. The van der Waals surface area contributed by atoms with Gasteiger partial charge in [0.25, 0.3) is 11.8 Å². The summed E-state index contributed by atoms with van der Waals surface area (Å²) in [5.74, 6) is -2.12. The van der Waals surface area contributed by atoms with Gasteiger partial charge in [-0.25, -0.2) is 26.8 Å². The number of hydrogen-bond donors (Lipinski definition) is 2. The highest BCUT2D eigenvalue weighted by molar-refractivity contribution is 7.91. The number of methoxy groups -OCH3 is 2. The molecule has 5 heterocycles. The van der Waals surface area contributed by atoms with Gasteiger partial charge in [-0.05, 0) is 91.2 Å². The summed E-state index contributed by atoms with van der Waals surface area (Å²) < 4.78 is 177. The van der Waals surface area contributed by atoms with Crippen LogP contribution >= 0.6 is 0 Å². The predicted molar refractivity (Wildman–Crippen MR) is 290 cm³/mol. The summed E-state index contributed by atoms with van der Waals surface area (Å²) in [5, 5.41) is 5.65. The smallest absolute Gasteiger partial charge is 0.395 e. The summed E-state index contributed by atoms with van der Waals surface area (Å²) in [5.41, 5.74) is 3.06. The fourth-order valence-electron chi connectivity index (χ4n) is 9.66. The van der Waals surface area contributed by atoms with Crippen LogP contribution in [0.2, 0.25) is 0 Å². The number of hydrogen-bond acceptors (Lipinski definition) is 15. The number of benzene rings is 5. The Morgan fingerprint density at radius 2 is 1.14 bits per heavy atom. The quantitative estimate of drug-likeness (QED) is 0.0718. The number of fused-ring (bicyclic) bond motifs is 4. The monoisotopic (exact) mass is 1220 g/mol. The predicted octanol–water partition coefficient (Wildman–Crippen LogP) is 9.93. The first-order chi connectivity index (χ1) is 40.3. The zero-order valence-electron chi connectivity index (χ0n) is 45.5. The van der Waals surface area contributed by atoms with Gasteiger partial charge in [-0.2, -0.15) is 13.2 Å². The lowest BCUT2D eigenvalue weighted by Crippen LogP contribution is -2.32. The van der Waals surface area contributed by atoms with Crippen molar-refractivity contribution in [1.29, 1.82) is 0 Å². The Morgan fingerprint density at radius 1 is 0.647 bits per heavy atom. The van der Waals surface area contributed by atoms with Crippen molar-refractivity contribution in [2.75, 3.05) is 38.9 Å². The summed E-state index contributed by atoms with van der Waals surface area (Å²) in [6.07, 6.45) is -9.49. The van der Waals surface area contributed by atoms with Crippen molar-refractivity contribution in [2.45, 2.75) is 86.3 Å². The summed E-state index contributed by atoms with van der Waals surface area (Å²) >= 11 is 0. The molecule has 0 radical (unpaired) electrons. The van der Waals surface area contributed by atoms with Crippen LogP contribution in [0.5, 0.6) is 23.0 Å². The molecule has 3 aromatic heterocycles. The number of pyridine rings is 1. The molecule has 2 amide bonds. The number of alkyl halides is 7. The Labute approximate surface area is 480 Å². The van der Waals surface area contributed by atoms with Gasteiger partial charge in [0, 0.05) is 48.6 Å². The molecule has 0 bridgehead atoms. The van der Waals surface area contributed by atoms with Gasteiger partial charge < -0.3 is 48.2 Å². The minimum atomic E-state index is -4.92. The fraction of sp³-hybridized carbons (Fsp3) is 0.316. The number of para-hydroxylation sites is 2. The standard InChI is InChI=1S/C30H29F2N3O6S.C27H23F5N4O6S/c1-3-42(37,38)22-12-9-18(10-13-22)24(17-39-2)34-29(36)20-11-14-25-23(15-20)33-28(19-7-8-19)35(25)16-21-5-4-6-26-27(21)41-30(31,32)40-26;1-3-43(38,39)17-8-9-18(33-12-17)20(14-40-2)34-24(37)15-7-10-21-19(11-15)35-25(26(28,29)30)36(21)13-16-5-4-6-22-23(16)42-27(31,32)41-22/h4-6,9-15,19,24H,3,7-8,16-17H2,1-2H3,(H,34,36);4-12,20H,3,13-14H2,1-2H3,(H,34,37)/t24-;20-/m00/s1. The van der Waals surface area contributed by atoms with E-state index in [0.29, 0.717) is 27.9 Å². The number of nitrogens with one attached hydrogen (secondary N) is 2. The number of carbonyl (C=O) groups is 2. The number of rotatable bonds is 19. The van der Waals surface area contributed by atoms with Gasteiger partial charge in [0.1, 0.15) is 5.82 Å². The number of carbonyl (C=O) groups excluding carboxylic acids is 2. The Kier molecular flexibility index (Phi) is 16.4. The van der Waals surface area contributed by atoms with Crippen LogP contribution in [0.15, 0.2) is 125 Å². The van der Waals surface area contributed by atoms with Crippen molar-refractivity contribution >= 4 is 53.6 Å². The average Bonchev–Trinajstić information content (AvgIpc) is 2.21. The molecule has 3 aliphatic rings. The molecular weight excluding hydrogens is 1170 g/mol. The van der Waals surface area contributed by atoms with Crippen LogP contribution < -0.4 is 29.6 Å². The molecule has 0 saturated heterocycles. The molecule has 8 aromatic rings. The zero-order chi connectivity index (χ0) is 60.8. The van der Waals surface area contributed by atoms with E-state index in [4.69, 9.17) is 19.2 Å². The Morgan fingerprint density at radius 3 is 1.65 bits per heavy atom. The van der Waals surface area contributed by atoms with Crippen molar-refractivity contribution in [2.24, 2.45) is 0 Å². The average molecular weight is 1220 g/mol. The van der Waals surface area contributed by atoms with Crippen LogP contribution in [0.25, 0.3) is 22.1 Å². The van der Waals surface area contributed by atoms with Gasteiger partial charge in [-0.3, -0.25) is 14.6 Å². The van der Waals surface area contributed by atoms with Crippen molar-refractivity contribution in [3.8, 4) is 23.0 Å². The highest BCUT2D eigenvalue weighted by Gasteiger charge is 2.46. The minimum Gasteiger partial charge on any atom is -0.395 e. The lowest BCUT2D eigenvalue weighted by atomic mass is 10.1. The largest absolute Gasteiger partial charge is 0.586 e. The van der Waals surface area contributed by atoms with E-state index in [1.165, 1.54) is 88.0 Å². The molecular formula is C57H52F7N7O12S2. The van der Waals surface area contributed by atoms with Gasteiger partial charge in [0.05, 0.1) is 87.4 Å². The summed E-state index contributed by atoms with van der Waals surface area (Å²) in [7, 11) is -3.94. The van der Waals surface area contributed by atoms with E-state index in [-0.39, 0.29) is 92.3 Å². The van der Waals surface area contributed by atoms with Gasteiger partial charge >= 0.3 is 18.8 Å². The molecule has 11 rings (SSSR count). The van der Waals surface area contributed by atoms with E-state index in [0.717, 1.165) is 34.8 Å². The molecule has 2 atom stereocenters. The van der Waals surface area contributed by atoms with Gasteiger partial charge in [-0.1, -0.05) is 50.2 Å².